The molecule has 0 saturated carbocycles. The molecule has 184 valence electrons. The van der Waals surface area contributed by atoms with Crippen LogP contribution in [0.2, 0.25) is 5.02 Å². The predicted octanol–water partition coefficient (Wildman–Crippen LogP) is 3.28. The van der Waals surface area contributed by atoms with E-state index in [1.807, 2.05) is 0 Å². The minimum Gasteiger partial charge on any atom is -0.413 e. The molecule has 0 unspecified atom stereocenters. The molecule has 3 aromatic heterocycles. The highest BCUT2D eigenvalue weighted by Gasteiger charge is 2.42. The van der Waals surface area contributed by atoms with E-state index < -0.39 is 46.0 Å². The lowest BCUT2D eigenvalue weighted by atomic mass is 10.2. The van der Waals surface area contributed by atoms with Crippen LogP contribution in [0.4, 0.5) is 18.9 Å². The van der Waals surface area contributed by atoms with Gasteiger partial charge in [-0.25, -0.2) is 4.79 Å². The summed E-state index contributed by atoms with van der Waals surface area (Å²) in [5, 5.41) is 2.61. The van der Waals surface area contributed by atoms with Gasteiger partial charge in [-0.2, -0.15) is 13.2 Å². The second-order valence-corrected chi connectivity index (χ2v) is 7.81. The Morgan fingerprint density at radius 1 is 1.08 bits per heavy atom. The fourth-order valence-electron chi connectivity index (χ4n) is 3.26. The van der Waals surface area contributed by atoms with Crippen molar-refractivity contribution >= 4 is 34.7 Å². The Hall–Kier alpha value is -4.45. The molecule has 13 heteroatoms. The van der Waals surface area contributed by atoms with Crippen LogP contribution in [-0.2, 0) is 11.3 Å². The maximum Gasteiger partial charge on any atom is 0.491 e. The number of anilines is 1. The third-order valence-corrected chi connectivity index (χ3v) is 5.11. The number of carbonyl (C=O) groups excluding carboxylic acids is 2. The molecule has 0 aliphatic carbocycles. The van der Waals surface area contributed by atoms with E-state index in [1.54, 1.807) is 30.3 Å². The van der Waals surface area contributed by atoms with Gasteiger partial charge in [0.05, 0.1) is 6.54 Å². The van der Waals surface area contributed by atoms with Gasteiger partial charge in [-0.1, -0.05) is 29.8 Å². The predicted molar refractivity (Wildman–Crippen MR) is 122 cm³/mol. The Morgan fingerprint density at radius 3 is 2.53 bits per heavy atom. The molecule has 0 atom stereocenters. The normalized spacial score (nSPS) is 11.3. The molecular weight excluding hydrogens is 505 g/mol. The molecule has 4 aromatic rings. The van der Waals surface area contributed by atoms with Gasteiger partial charge in [0.25, 0.3) is 11.5 Å². The summed E-state index contributed by atoms with van der Waals surface area (Å²) in [6, 6.07) is 10.9. The molecule has 4 rings (SSSR count). The highest BCUT2D eigenvalue weighted by Crippen LogP contribution is 2.22. The third-order valence-electron chi connectivity index (χ3n) is 4.88. The number of ether oxygens (including phenoxy) is 1. The average Bonchev–Trinajstić information content (AvgIpc) is 2.83. The maximum absolute atomic E-state index is 13.2. The molecule has 0 fully saturated rings. The molecule has 0 aliphatic rings. The van der Waals surface area contributed by atoms with Gasteiger partial charge in [-0.3, -0.25) is 19.4 Å². The van der Waals surface area contributed by atoms with E-state index in [0.29, 0.717) is 10.6 Å². The Labute approximate surface area is 204 Å². The first-order chi connectivity index (χ1) is 17.0. The molecule has 1 amide bonds. The minimum atomic E-state index is -5.45. The zero-order valence-electron chi connectivity index (χ0n) is 18.0. The second kappa shape index (κ2) is 9.66. The summed E-state index contributed by atoms with van der Waals surface area (Å²) in [6.45, 7) is -0.0467. The average molecular weight is 519 g/mol. The number of hydrogen-bond acceptors (Lipinski definition) is 6. The lowest BCUT2D eigenvalue weighted by Crippen LogP contribution is -2.33. The Balaban J connectivity index is 1.86. The smallest absolute Gasteiger partial charge is 0.413 e. The summed E-state index contributed by atoms with van der Waals surface area (Å²) < 4.78 is 45.3. The van der Waals surface area contributed by atoms with Gasteiger partial charge >= 0.3 is 12.1 Å². The molecule has 1 N–H and O–H groups in total. The number of hydrogen-bond donors (Lipinski definition) is 1. The Morgan fingerprint density at radius 2 is 1.86 bits per heavy atom. The number of nitrogens with zero attached hydrogens (tertiary/aromatic N) is 3. The van der Waals surface area contributed by atoms with Crippen molar-refractivity contribution in [3.05, 3.63) is 104 Å². The molecule has 36 heavy (non-hydrogen) atoms. The molecule has 0 bridgehead atoms. The van der Waals surface area contributed by atoms with Crippen molar-refractivity contribution in [2.45, 2.75) is 12.7 Å². The third kappa shape index (κ3) is 5.13. The van der Waals surface area contributed by atoms with Gasteiger partial charge in [0.2, 0.25) is 11.2 Å². The zero-order chi connectivity index (χ0) is 26.0. The highest BCUT2D eigenvalue weighted by molar-refractivity contribution is 6.30. The molecule has 0 radical (unpaired) electrons. The van der Waals surface area contributed by atoms with Crippen molar-refractivity contribution in [3.8, 4) is 5.75 Å². The van der Waals surface area contributed by atoms with Crippen molar-refractivity contribution in [2.75, 3.05) is 5.32 Å². The number of nitrogens with one attached hydrogen (secondary N) is 1. The largest absolute Gasteiger partial charge is 0.491 e. The van der Waals surface area contributed by atoms with E-state index in [0.717, 1.165) is 15.2 Å². The van der Waals surface area contributed by atoms with E-state index in [2.05, 4.69) is 15.0 Å². The summed E-state index contributed by atoms with van der Waals surface area (Å²) in [6.07, 6.45) is -0.552. The van der Waals surface area contributed by atoms with Crippen LogP contribution in [0.5, 0.6) is 5.75 Å². The first-order valence-electron chi connectivity index (χ1n) is 10.1. The van der Waals surface area contributed by atoms with Crippen molar-refractivity contribution in [3.63, 3.8) is 0 Å². The Kier molecular flexibility index (Phi) is 6.62. The number of benzene rings is 1. The zero-order valence-corrected chi connectivity index (χ0v) is 18.7. The standard InChI is InChI=1S/C23H14ClF3N4O5/c24-14-5-3-4-13(10-14)11-31-9-8-30-12-16(29-20(33)15-6-1-2-7-28-15)18(32)19(17(30)21(31)34)36-22(35)23(25,26)27/h1-10,12H,11H2,(H,29,33). The summed E-state index contributed by atoms with van der Waals surface area (Å²) in [4.78, 5) is 54.1. The van der Waals surface area contributed by atoms with Gasteiger partial charge in [0.1, 0.15) is 11.4 Å². The quantitative estimate of drug-likeness (QED) is 0.406. The van der Waals surface area contributed by atoms with E-state index in [-0.39, 0.29) is 12.2 Å². The molecule has 3 heterocycles. The van der Waals surface area contributed by atoms with Crippen LogP contribution in [0.15, 0.2) is 76.8 Å². The molecular formula is C23H14ClF3N4O5. The van der Waals surface area contributed by atoms with Crippen LogP contribution >= 0.6 is 11.6 Å². The van der Waals surface area contributed by atoms with Crippen LogP contribution < -0.4 is 21.0 Å². The topological polar surface area (TPSA) is 112 Å². The number of fused-ring (bicyclic) bond motifs is 1. The monoisotopic (exact) mass is 518 g/mol. The number of halogens is 4. The first kappa shape index (κ1) is 24.7. The summed E-state index contributed by atoms with van der Waals surface area (Å²) in [5.74, 6) is -4.75. The minimum absolute atomic E-state index is 0.0467. The lowest BCUT2D eigenvalue weighted by Gasteiger charge is -2.14. The second-order valence-electron chi connectivity index (χ2n) is 7.37. The summed E-state index contributed by atoms with van der Waals surface area (Å²) in [5.41, 5.74) is -2.92. The SMILES string of the molecule is O=C(Nc1cn2ccn(Cc3cccc(Cl)c3)c(=O)c2c(OC(=O)C(F)(F)F)c1=O)c1ccccn1. The number of esters is 1. The van der Waals surface area contributed by atoms with Gasteiger partial charge < -0.3 is 19.0 Å². The molecule has 0 spiro atoms. The van der Waals surface area contributed by atoms with Crippen LogP contribution in [0.25, 0.3) is 5.52 Å². The van der Waals surface area contributed by atoms with Crippen molar-refractivity contribution < 1.29 is 27.5 Å². The summed E-state index contributed by atoms with van der Waals surface area (Å²) in [7, 11) is 0. The number of rotatable bonds is 5. The van der Waals surface area contributed by atoms with Gasteiger partial charge in [0, 0.05) is 29.8 Å². The van der Waals surface area contributed by atoms with Crippen molar-refractivity contribution in [1.82, 2.24) is 14.0 Å². The number of amides is 1. The van der Waals surface area contributed by atoms with Gasteiger partial charge in [0.15, 0.2) is 5.52 Å². The highest BCUT2D eigenvalue weighted by atomic mass is 35.5. The number of carbonyl (C=O) groups is 2. The maximum atomic E-state index is 13.2. The first-order valence-corrected chi connectivity index (χ1v) is 10.5. The number of aromatic nitrogens is 3. The van der Waals surface area contributed by atoms with E-state index >= 15 is 0 Å². The van der Waals surface area contributed by atoms with Gasteiger partial charge in [-0.05, 0) is 29.8 Å². The molecule has 0 saturated heterocycles. The van der Waals surface area contributed by atoms with E-state index in [9.17, 15) is 32.3 Å². The molecule has 9 nitrogen and oxygen atoms in total. The van der Waals surface area contributed by atoms with Gasteiger partial charge in [-0.15, -0.1) is 0 Å². The number of pyridine rings is 2. The lowest BCUT2D eigenvalue weighted by molar-refractivity contribution is -0.189. The molecule has 0 aliphatic heterocycles. The van der Waals surface area contributed by atoms with E-state index in [4.69, 9.17) is 11.6 Å². The van der Waals surface area contributed by atoms with Crippen LogP contribution in [-0.4, -0.2) is 32.0 Å². The van der Waals surface area contributed by atoms with E-state index in [1.165, 1.54) is 30.7 Å². The summed E-state index contributed by atoms with van der Waals surface area (Å²) >= 11 is 5.96. The Bertz CT molecular complexity index is 1600. The fourth-order valence-corrected chi connectivity index (χ4v) is 3.48. The van der Waals surface area contributed by atoms with Crippen molar-refractivity contribution in [1.29, 1.82) is 0 Å². The fraction of sp³-hybridized carbons (Fsp3) is 0.0870. The van der Waals surface area contributed by atoms with Crippen LogP contribution in [0, 0.1) is 0 Å². The van der Waals surface area contributed by atoms with Crippen LogP contribution in [0.1, 0.15) is 16.1 Å². The van der Waals surface area contributed by atoms with Crippen molar-refractivity contribution in [2.24, 2.45) is 0 Å². The molecule has 1 aromatic carbocycles. The number of alkyl halides is 3. The van der Waals surface area contributed by atoms with Crippen LogP contribution in [0.3, 0.4) is 0 Å².